The number of carboxylic acid groups (broad SMARTS) is 1. The number of quaternary nitrogens is 1. The van der Waals surface area contributed by atoms with E-state index in [1.165, 1.54) is 186 Å². The SMILES string of the molecule is CCCCCCCCCCCCCCCCCCCCC(=O)OC(COC(=O)CCCCCCCCCCCCCCCCCCC)COC(OCC[N+](C)(C)C)C(=O)O. The zero-order valence-corrected chi connectivity index (χ0v) is 40.4. The number of carbonyl (C=O) groups excluding carboxylic acids is 2. The van der Waals surface area contributed by atoms with Crippen molar-refractivity contribution in [3.05, 3.63) is 0 Å². The van der Waals surface area contributed by atoms with Crippen LogP contribution in [0.15, 0.2) is 0 Å². The van der Waals surface area contributed by atoms with Crippen molar-refractivity contribution in [1.82, 2.24) is 0 Å². The van der Waals surface area contributed by atoms with Gasteiger partial charge < -0.3 is 28.5 Å². The van der Waals surface area contributed by atoms with Gasteiger partial charge in [-0.1, -0.05) is 226 Å². The summed E-state index contributed by atoms with van der Waals surface area (Å²) in [6, 6.07) is 0. The molecular weight excluding hydrogens is 755 g/mol. The van der Waals surface area contributed by atoms with Crippen molar-refractivity contribution in [3.8, 4) is 0 Å². The van der Waals surface area contributed by atoms with E-state index in [2.05, 4.69) is 13.8 Å². The summed E-state index contributed by atoms with van der Waals surface area (Å²) < 4.78 is 22.8. The number of hydrogen-bond donors (Lipinski definition) is 1. The number of carbonyl (C=O) groups is 3. The van der Waals surface area contributed by atoms with Crippen LogP contribution in [0.5, 0.6) is 0 Å². The van der Waals surface area contributed by atoms with Gasteiger partial charge in [-0.2, -0.15) is 0 Å². The van der Waals surface area contributed by atoms with Gasteiger partial charge in [0.05, 0.1) is 34.4 Å². The Kier molecular flexibility index (Phi) is 42.7. The highest BCUT2D eigenvalue weighted by Gasteiger charge is 2.25. The molecule has 9 heteroatoms. The molecule has 0 aromatic heterocycles. The lowest BCUT2D eigenvalue weighted by atomic mass is 10.0. The maximum Gasteiger partial charge on any atom is 0.361 e. The fourth-order valence-corrected chi connectivity index (χ4v) is 7.60. The lowest BCUT2D eigenvalue weighted by Crippen LogP contribution is -2.40. The summed E-state index contributed by atoms with van der Waals surface area (Å²) in [7, 11) is 5.97. The maximum atomic E-state index is 12.8. The summed E-state index contributed by atoms with van der Waals surface area (Å²) >= 11 is 0. The molecule has 2 unspecified atom stereocenters. The highest BCUT2D eigenvalue weighted by molar-refractivity contribution is 5.71. The molecule has 9 nitrogen and oxygen atoms in total. The zero-order chi connectivity index (χ0) is 44.2. The molecule has 0 bridgehead atoms. The van der Waals surface area contributed by atoms with E-state index < -0.39 is 18.4 Å². The van der Waals surface area contributed by atoms with Gasteiger partial charge in [0, 0.05) is 12.8 Å². The lowest BCUT2D eigenvalue weighted by molar-refractivity contribution is -0.870. The number of likely N-dealkylation sites (N-methyl/N-ethyl adjacent to an activating group) is 1. The normalized spacial score (nSPS) is 12.8. The molecule has 0 saturated heterocycles. The number of hydrogen-bond acceptors (Lipinski definition) is 7. The monoisotopic (exact) mass is 855 g/mol. The third-order valence-electron chi connectivity index (χ3n) is 11.6. The van der Waals surface area contributed by atoms with E-state index in [0.717, 1.165) is 38.5 Å². The van der Waals surface area contributed by atoms with E-state index in [0.29, 0.717) is 17.4 Å². The second kappa shape index (κ2) is 43.9. The standard InChI is InChI=1S/C51H99NO8/c1-6-8-10-12-14-16-18-20-22-24-26-28-30-32-34-36-38-40-42-49(54)60-47(46-59-51(50(55)56)57-44-43-52(3,4)5)45-58-48(53)41-39-37-35-33-31-29-27-25-23-21-19-17-15-13-11-9-7-2/h47,51H,6-46H2,1-5H3/p+1. The fraction of sp³-hybridized carbons (Fsp3) is 0.941. The van der Waals surface area contributed by atoms with Gasteiger partial charge in [-0.05, 0) is 12.8 Å². The van der Waals surface area contributed by atoms with Crippen molar-refractivity contribution in [3.63, 3.8) is 0 Å². The number of rotatable bonds is 48. The van der Waals surface area contributed by atoms with Crippen molar-refractivity contribution in [2.24, 2.45) is 0 Å². The molecule has 60 heavy (non-hydrogen) atoms. The molecule has 0 fully saturated rings. The van der Waals surface area contributed by atoms with Crippen molar-refractivity contribution in [1.29, 1.82) is 0 Å². The Labute approximate surface area is 371 Å². The second-order valence-corrected chi connectivity index (χ2v) is 18.9. The van der Waals surface area contributed by atoms with E-state index in [9.17, 15) is 19.5 Å². The van der Waals surface area contributed by atoms with Crippen LogP contribution in [-0.2, 0) is 33.3 Å². The van der Waals surface area contributed by atoms with Crippen LogP contribution in [0.1, 0.15) is 251 Å². The number of nitrogens with zero attached hydrogens (tertiary/aromatic N) is 1. The van der Waals surface area contributed by atoms with Gasteiger partial charge in [0.2, 0.25) is 0 Å². The van der Waals surface area contributed by atoms with Crippen LogP contribution >= 0.6 is 0 Å². The molecule has 0 aliphatic rings. The molecule has 0 amide bonds. The minimum Gasteiger partial charge on any atom is -0.477 e. The Morgan fingerprint density at radius 2 is 0.750 bits per heavy atom. The van der Waals surface area contributed by atoms with Gasteiger partial charge in [0.25, 0.3) is 6.29 Å². The second-order valence-electron chi connectivity index (χ2n) is 18.9. The summed E-state index contributed by atoms with van der Waals surface area (Å²) in [5.41, 5.74) is 0. The largest absolute Gasteiger partial charge is 0.477 e. The van der Waals surface area contributed by atoms with Crippen LogP contribution in [0.4, 0.5) is 0 Å². The predicted molar refractivity (Wildman–Crippen MR) is 249 cm³/mol. The van der Waals surface area contributed by atoms with E-state index in [4.69, 9.17) is 18.9 Å². The van der Waals surface area contributed by atoms with Crippen LogP contribution in [-0.4, -0.2) is 87.4 Å². The Morgan fingerprint density at radius 3 is 1.07 bits per heavy atom. The smallest absolute Gasteiger partial charge is 0.361 e. The lowest BCUT2D eigenvalue weighted by Gasteiger charge is -2.25. The molecule has 0 rings (SSSR count). The molecule has 356 valence electrons. The summed E-state index contributed by atoms with van der Waals surface area (Å²) in [6.45, 7) is 4.93. The minimum absolute atomic E-state index is 0.173. The first-order chi connectivity index (χ1) is 29.1. The van der Waals surface area contributed by atoms with Crippen LogP contribution < -0.4 is 0 Å². The number of unbranched alkanes of at least 4 members (excludes halogenated alkanes) is 33. The molecule has 0 aliphatic heterocycles. The number of carboxylic acids is 1. The first-order valence-corrected chi connectivity index (χ1v) is 25.7. The fourth-order valence-electron chi connectivity index (χ4n) is 7.60. The average molecular weight is 855 g/mol. The first kappa shape index (κ1) is 58.3. The minimum atomic E-state index is -1.50. The van der Waals surface area contributed by atoms with Crippen LogP contribution in [0.2, 0.25) is 0 Å². The molecule has 1 N–H and O–H groups in total. The van der Waals surface area contributed by atoms with Crippen molar-refractivity contribution >= 4 is 17.9 Å². The quantitative estimate of drug-likeness (QED) is 0.0279. The summed E-state index contributed by atoms with van der Waals surface area (Å²) in [5, 5.41) is 9.66. The Balaban J connectivity index is 4.30. The summed E-state index contributed by atoms with van der Waals surface area (Å²) in [5.74, 6) is -1.98. The predicted octanol–water partition coefficient (Wildman–Crippen LogP) is 14.1. The molecule has 0 saturated carbocycles. The molecule has 2 atom stereocenters. The van der Waals surface area contributed by atoms with Crippen LogP contribution in [0.25, 0.3) is 0 Å². The van der Waals surface area contributed by atoms with Gasteiger partial charge in [0.15, 0.2) is 6.10 Å². The van der Waals surface area contributed by atoms with E-state index >= 15 is 0 Å². The number of esters is 2. The third kappa shape index (κ3) is 44.3. The highest BCUT2D eigenvalue weighted by Crippen LogP contribution is 2.17. The van der Waals surface area contributed by atoms with Gasteiger partial charge in [0.1, 0.15) is 13.2 Å². The van der Waals surface area contributed by atoms with Crippen LogP contribution in [0.3, 0.4) is 0 Å². The zero-order valence-electron chi connectivity index (χ0n) is 40.4. The molecule has 0 radical (unpaired) electrons. The van der Waals surface area contributed by atoms with Gasteiger partial charge in [-0.15, -0.1) is 0 Å². The highest BCUT2D eigenvalue weighted by atomic mass is 16.7. The van der Waals surface area contributed by atoms with Crippen molar-refractivity contribution in [2.45, 2.75) is 264 Å². The van der Waals surface area contributed by atoms with E-state index in [1.54, 1.807) is 0 Å². The van der Waals surface area contributed by atoms with Gasteiger partial charge in [-0.25, -0.2) is 4.79 Å². The average Bonchev–Trinajstić information content (AvgIpc) is 3.21. The topological polar surface area (TPSA) is 108 Å². The summed E-state index contributed by atoms with van der Waals surface area (Å²) in [4.78, 5) is 37.2. The molecule has 0 aromatic rings. The Hall–Kier alpha value is -1.71. The van der Waals surface area contributed by atoms with E-state index in [1.807, 2.05) is 21.1 Å². The molecule has 0 spiro atoms. The maximum absolute atomic E-state index is 12.8. The molecule has 0 heterocycles. The van der Waals surface area contributed by atoms with E-state index in [-0.39, 0.29) is 38.2 Å². The first-order valence-electron chi connectivity index (χ1n) is 25.7. The number of ether oxygens (including phenoxy) is 4. The van der Waals surface area contributed by atoms with Crippen molar-refractivity contribution < 1.29 is 42.9 Å². The molecular formula is C51H100NO8+. The Bertz CT molecular complexity index is 954. The van der Waals surface area contributed by atoms with Crippen molar-refractivity contribution in [2.75, 3.05) is 47.5 Å². The van der Waals surface area contributed by atoms with Crippen LogP contribution in [0, 0.1) is 0 Å². The Morgan fingerprint density at radius 1 is 0.433 bits per heavy atom. The van der Waals surface area contributed by atoms with Gasteiger partial charge in [-0.3, -0.25) is 9.59 Å². The molecule has 0 aromatic carbocycles. The van der Waals surface area contributed by atoms with Gasteiger partial charge >= 0.3 is 17.9 Å². The number of aliphatic carboxylic acids is 1. The molecule has 0 aliphatic carbocycles. The summed E-state index contributed by atoms with van der Waals surface area (Å²) in [6.07, 6.45) is 43.0. The third-order valence-corrected chi connectivity index (χ3v) is 11.6.